The maximum absolute atomic E-state index is 13.1. The predicted octanol–water partition coefficient (Wildman–Crippen LogP) is 4.89. The van der Waals surface area contributed by atoms with E-state index in [1.54, 1.807) is 0 Å². The topological polar surface area (TPSA) is 35.6 Å². The number of hydrogen-bond acceptors (Lipinski definition) is 3. The van der Waals surface area contributed by atoms with Crippen molar-refractivity contribution in [1.82, 2.24) is 4.90 Å². The van der Waals surface area contributed by atoms with Gasteiger partial charge in [-0.25, -0.2) is 0 Å². The first-order chi connectivity index (χ1) is 13.7. The molecule has 1 fully saturated rings. The Labute approximate surface area is 170 Å². The number of carbonyl (C=O) groups is 1. The van der Waals surface area contributed by atoms with Crippen LogP contribution in [-0.4, -0.2) is 43.5 Å². The zero-order valence-corrected chi connectivity index (χ0v) is 16.7. The van der Waals surface area contributed by atoms with Gasteiger partial charge in [0.2, 0.25) is 0 Å². The van der Waals surface area contributed by atoms with Gasteiger partial charge in [-0.2, -0.15) is 0 Å². The van der Waals surface area contributed by atoms with Crippen LogP contribution in [0.15, 0.2) is 60.7 Å². The smallest absolute Gasteiger partial charge is 0.256 e. The first-order valence-corrected chi connectivity index (χ1v) is 10.1. The Kier molecular flexibility index (Phi) is 5.51. The van der Waals surface area contributed by atoms with E-state index in [9.17, 15) is 4.79 Å². The van der Waals surface area contributed by atoms with Crippen molar-refractivity contribution < 1.29 is 4.79 Å². The van der Waals surface area contributed by atoms with E-state index in [0.29, 0.717) is 10.6 Å². The number of nitrogens with zero attached hydrogens (tertiary/aromatic N) is 2. The van der Waals surface area contributed by atoms with Crippen LogP contribution in [0.2, 0.25) is 5.02 Å². The van der Waals surface area contributed by atoms with E-state index in [1.807, 2.05) is 60.7 Å². The average Bonchev–Trinajstić information content (AvgIpc) is 2.73. The molecule has 1 saturated heterocycles. The number of nitrogens with one attached hydrogen (secondary N) is 1. The van der Waals surface area contributed by atoms with Gasteiger partial charge in [0.05, 0.1) is 16.4 Å². The minimum atomic E-state index is -0.118. The zero-order valence-electron chi connectivity index (χ0n) is 16.0. The lowest BCUT2D eigenvalue weighted by Crippen LogP contribution is -2.46. The molecule has 1 aliphatic rings. The highest BCUT2D eigenvalue weighted by molar-refractivity contribution is 6.34. The number of carbonyl (C=O) groups excluding carboxylic acids is 1. The molecule has 0 atom stereocenters. The van der Waals surface area contributed by atoms with Crippen molar-refractivity contribution in [1.29, 1.82) is 0 Å². The van der Waals surface area contributed by atoms with Crippen molar-refractivity contribution in [2.75, 3.05) is 42.9 Å². The number of likely N-dealkylation sites (N-methyl/N-ethyl adjacent to an activating group) is 1. The fourth-order valence-electron chi connectivity index (χ4n) is 3.84. The van der Waals surface area contributed by atoms with Crippen molar-refractivity contribution in [3.63, 3.8) is 0 Å². The summed E-state index contributed by atoms with van der Waals surface area (Å²) in [5, 5.41) is 5.77. The van der Waals surface area contributed by atoms with E-state index < -0.39 is 0 Å². The van der Waals surface area contributed by atoms with Crippen LogP contribution in [0, 0.1) is 0 Å². The average molecular weight is 394 g/mol. The molecule has 5 heteroatoms. The largest absolute Gasteiger partial charge is 0.366 e. The van der Waals surface area contributed by atoms with E-state index in [0.717, 1.165) is 54.9 Å². The number of rotatable bonds is 4. The van der Waals surface area contributed by atoms with Crippen LogP contribution in [0.1, 0.15) is 17.3 Å². The summed E-state index contributed by atoms with van der Waals surface area (Å²) in [6.07, 6.45) is 0. The molecular formula is C23H24ClN3O. The molecule has 144 valence electrons. The molecular weight excluding hydrogens is 370 g/mol. The van der Waals surface area contributed by atoms with Crippen molar-refractivity contribution >= 4 is 39.7 Å². The highest BCUT2D eigenvalue weighted by Crippen LogP contribution is 2.35. The number of amides is 1. The lowest BCUT2D eigenvalue weighted by molar-refractivity contribution is 0.102. The molecule has 0 spiro atoms. The Morgan fingerprint density at radius 1 is 0.964 bits per heavy atom. The standard InChI is InChI=1S/C23H24ClN3O/c1-2-26-13-15-27(16-14-26)22-20(24)11-6-12-21(22)25-23(28)19-10-5-8-17-7-3-4-9-18(17)19/h3-12H,2,13-16H2,1H3,(H,25,28). The van der Waals surface area contributed by atoms with Crippen LogP contribution in [0.5, 0.6) is 0 Å². The SMILES string of the molecule is CCN1CCN(c2c(Cl)cccc2NC(=O)c2cccc3ccccc23)CC1. The van der Waals surface area contributed by atoms with Gasteiger partial charge in [0.25, 0.3) is 5.91 Å². The first-order valence-electron chi connectivity index (χ1n) is 9.72. The Hall–Kier alpha value is -2.56. The second-order valence-electron chi connectivity index (χ2n) is 7.04. The minimum absolute atomic E-state index is 0.118. The molecule has 0 aliphatic carbocycles. The Morgan fingerprint density at radius 2 is 1.68 bits per heavy atom. The molecule has 28 heavy (non-hydrogen) atoms. The first kappa shape index (κ1) is 18.8. The molecule has 0 bridgehead atoms. The molecule has 4 nitrogen and oxygen atoms in total. The monoisotopic (exact) mass is 393 g/mol. The molecule has 3 aromatic carbocycles. The normalized spacial score (nSPS) is 15.0. The summed E-state index contributed by atoms with van der Waals surface area (Å²) in [6.45, 7) is 7.03. The van der Waals surface area contributed by atoms with Gasteiger partial charge in [-0.05, 0) is 35.5 Å². The predicted molar refractivity (Wildman–Crippen MR) is 118 cm³/mol. The number of fused-ring (bicyclic) bond motifs is 1. The van der Waals surface area contributed by atoms with E-state index in [4.69, 9.17) is 11.6 Å². The molecule has 4 rings (SSSR count). The van der Waals surface area contributed by atoms with Crippen LogP contribution in [0.3, 0.4) is 0 Å². The minimum Gasteiger partial charge on any atom is -0.366 e. The summed E-state index contributed by atoms with van der Waals surface area (Å²) in [7, 11) is 0. The Bertz CT molecular complexity index is 991. The summed E-state index contributed by atoms with van der Waals surface area (Å²) in [5.41, 5.74) is 2.34. The zero-order chi connectivity index (χ0) is 19.5. The summed E-state index contributed by atoms with van der Waals surface area (Å²) < 4.78 is 0. The number of hydrogen-bond donors (Lipinski definition) is 1. The third-order valence-electron chi connectivity index (χ3n) is 5.40. The van der Waals surface area contributed by atoms with E-state index in [2.05, 4.69) is 22.0 Å². The molecule has 1 N–H and O–H groups in total. The van der Waals surface area contributed by atoms with E-state index in [-0.39, 0.29) is 5.91 Å². The number of para-hydroxylation sites is 1. The third kappa shape index (κ3) is 3.71. The van der Waals surface area contributed by atoms with Gasteiger partial charge in [0, 0.05) is 31.7 Å². The van der Waals surface area contributed by atoms with Crippen LogP contribution in [-0.2, 0) is 0 Å². The number of benzene rings is 3. The number of halogens is 1. The lowest BCUT2D eigenvalue weighted by Gasteiger charge is -2.36. The quantitative estimate of drug-likeness (QED) is 0.685. The van der Waals surface area contributed by atoms with Gasteiger partial charge < -0.3 is 15.1 Å². The van der Waals surface area contributed by atoms with Crippen LogP contribution in [0.4, 0.5) is 11.4 Å². The van der Waals surface area contributed by atoms with Crippen LogP contribution < -0.4 is 10.2 Å². The van der Waals surface area contributed by atoms with Crippen LogP contribution >= 0.6 is 11.6 Å². The van der Waals surface area contributed by atoms with E-state index in [1.165, 1.54) is 0 Å². The molecule has 0 radical (unpaired) electrons. The van der Waals surface area contributed by atoms with Gasteiger partial charge in [-0.3, -0.25) is 4.79 Å². The second-order valence-corrected chi connectivity index (χ2v) is 7.45. The van der Waals surface area contributed by atoms with Crippen LogP contribution in [0.25, 0.3) is 10.8 Å². The Morgan fingerprint density at radius 3 is 2.46 bits per heavy atom. The fourth-order valence-corrected chi connectivity index (χ4v) is 4.13. The molecule has 0 aromatic heterocycles. The summed E-state index contributed by atoms with van der Waals surface area (Å²) in [4.78, 5) is 17.8. The van der Waals surface area contributed by atoms with Gasteiger partial charge in [0.1, 0.15) is 0 Å². The van der Waals surface area contributed by atoms with Gasteiger partial charge in [-0.1, -0.05) is 61.0 Å². The second kappa shape index (κ2) is 8.21. The maximum Gasteiger partial charge on any atom is 0.256 e. The highest BCUT2D eigenvalue weighted by Gasteiger charge is 2.22. The summed E-state index contributed by atoms with van der Waals surface area (Å²) in [6, 6.07) is 19.4. The summed E-state index contributed by atoms with van der Waals surface area (Å²) >= 11 is 6.55. The van der Waals surface area contributed by atoms with Gasteiger partial charge in [0.15, 0.2) is 0 Å². The van der Waals surface area contributed by atoms with Crippen molar-refractivity contribution in [3.05, 3.63) is 71.2 Å². The molecule has 0 saturated carbocycles. The summed E-state index contributed by atoms with van der Waals surface area (Å²) in [5.74, 6) is -0.118. The van der Waals surface area contributed by atoms with Gasteiger partial charge in [-0.15, -0.1) is 0 Å². The highest BCUT2D eigenvalue weighted by atomic mass is 35.5. The molecule has 1 aliphatic heterocycles. The molecule has 0 unspecified atom stereocenters. The van der Waals surface area contributed by atoms with Gasteiger partial charge >= 0.3 is 0 Å². The van der Waals surface area contributed by atoms with Crippen molar-refractivity contribution in [3.8, 4) is 0 Å². The number of anilines is 2. The maximum atomic E-state index is 13.1. The fraction of sp³-hybridized carbons (Fsp3) is 0.261. The lowest BCUT2D eigenvalue weighted by atomic mass is 10.0. The molecule has 3 aromatic rings. The third-order valence-corrected chi connectivity index (χ3v) is 5.71. The van der Waals surface area contributed by atoms with Crippen molar-refractivity contribution in [2.45, 2.75) is 6.92 Å². The van der Waals surface area contributed by atoms with Crippen molar-refractivity contribution in [2.24, 2.45) is 0 Å². The Balaban J connectivity index is 1.63. The number of piperazine rings is 1. The molecule has 1 heterocycles. The molecule has 1 amide bonds. The van der Waals surface area contributed by atoms with E-state index >= 15 is 0 Å².